The quantitative estimate of drug-likeness (QED) is 0.614. The Balaban J connectivity index is 1.38. The van der Waals surface area contributed by atoms with Gasteiger partial charge in [0.1, 0.15) is 0 Å². The van der Waals surface area contributed by atoms with E-state index in [0.717, 1.165) is 41.8 Å². The van der Waals surface area contributed by atoms with Crippen LogP contribution in [0, 0.1) is 5.92 Å². The van der Waals surface area contributed by atoms with E-state index in [1.165, 1.54) is 24.0 Å². The molecule has 1 atom stereocenters. The lowest BCUT2D eigenvalue weighted by atomic mass is 9.75. The van der Waals surface area contributed by atoms with Crippen LogP contribution in [0.25, 0.3) is 5.52 Å². The van der Waals surface area contributed by atoms with E-state index in [4.69, 9.17) is 11.6 Å². The zero-order chi connectivity index (χ0) is 18.4. The minimum absolute atomic E-state index is 0.319. The Morgan fingerprint density at radius 3 is 2.56 bits per heavy atom. The number of hydrogen-bond acceptors (Lipinski definition) is 2. The van der Waals surface area contributed by atoms with E-state index in [2.05, 4.69) is 29.4 Å². The summed E-state index contributed by atoms with van der Waals surface area (Å²) >= 11 is 6.17. The lowest BCUT2D eigenvalue weighted by Gasteiger charge is -2.33. The summed E-state index contributed by atoms with van der Waals surface area (Å²) in [6.45, 7) is 0. The molecule has 2 aliphatic carbocycles. The molecule has 0 radical (unpaired) electrons. The van der Waals surface area contributed by atoms with Gasteiger partial charge in [0.25, 0.3) is 0 Å². The number of aromatic nitrogens is 2. The summed E-state index contributed by atoms with van der Waals surface area (Å²) in [4.78, 5) is 4.31. The van der Waals surface area contributed by atoms with Crippen LogP contribution in [0.1, 0.15) is 73.2 Å². The van der Waals surface area contributed by atoms with Crippen LogP contribution in [-0.2, 0) is 0 Å². The van der Waals surface area contributed by atoms with Gasteiger partial charge in [-0.1, -0.05) is 23.7 Å². The van der Waals surface area contributed by atoms with Gasteiger partial charge in [-0.15, -0.1) is 0 Å². The summed E-state index contributed by atoms with van der Waals surface area (Å²) in [5.41, 5.74) is 4.88. The van der Waals surface area contributed by atoms with Crippen molar-refractivity contribution in [2.75, 3.05) is 0 Å². The predicted molar refractivity (Wildman–Crippen MR) is 108 cm³/mol. The fourth-order valence-corrected chi connectivity index (χ4v) is 5.07. The standard InChI is InChI=1S/C23H25ClN2O/c24-19-3-1-2-18(12-19)15-4-8-17(9-5-15)23(27)22-20(16-6-7-16)10-11-26-14-25-13-21(22)26/h1-3,10-17,23,27H,4-9H2/t15?,17?,23-/m0/s1. The lowest BCUT2D eigenvalue weighted by molar-refractivity contribution is 0.0810. The highest BCUT2D eigenvalue weighted by atomic mass is 35.5. The van der Waals surface area contributed by atoms with Crippen LogP contribution < -0.4 is 0 Å². The van der Waals surface area contributed by atoms with Crippen molar-refractivity contribution < 1.29 is 5.11 Å². The predicted octanol–water partition coefficient (Wildman–Crippen LogP) is 5.87. The van der Waals surface area contributed by atoms with Gasteiger partial charge >= 0.3 is 0 Å². The van der Waals surface area contributed by atoms with Gasteiger partial charge in [-0.2, -0.15) is 0 Å². The van der Waals surface area contributed by atoms with Crippen LogP contribution >= 0.6 is 11.6 Å². The topological polar surface area (TPSA) is 37.5 Å². The second-order valence-electron chi connectivity index (χ2n) is 8.26. The second kappa shape index (κ2) is 6.96. The molecular weight excluding hydrogens is 356 g/mol. The molecule has 2 aliphatic rings. The van der Waals surface area contributed by atoms with E-state index in [9.17, 15) is 5.11 Å². The molecule has 3 nitrogen and oxygen atoms in total. The fourth-order valence-electron chi connectivity index (χ4n) is 4.87. The molecule has 0 saturated heterocycles. The number of fused-ring (bicyclic) bond motifs is 1. The molecule has 0 amide bonds. The molecule has 3 aromatic rings. The van der Waals surface area contributed by atoms with Crippen molar-refractivity contribution in [2.45, 2.75) is 56.5 Å². The van der Waals surface area contributed by atoms with Crippen LogP contribution in [0.4, 0.5) is 0 Å². The number of hydrogen-bond donors (Lipinski definition) is 1. The maximum Gasteiger partial charge on any atom is 0.0992 e. The Morgan fingerprint density at radius 2 is 1.81 bits per heavy atom. The molecule has 2 fully saturated rings. The number of halogens is 1. The molecule has 4 heteroatoms. The van der Waals surface area contributed by atoms with Crippen LogP contribution in [0.15, 0.2) is 49.1 Å². The number of imidazole rings is 1. The van der Waals surface area contributed by atoms with Gasteiger partial charge in [-0.3, -0.25) is 0 Å². The first-order valence-corrected chi connectivity index (χ1v) is 10.5. The molecule has 0 spiro atoms. The maximum atomic E-state index is 11.4. The van der Waals surface area contributed by atoms with Crippen molar-refractivity contribution in [3.05, 3.63) is 70.8 Å². The molecule has 140 valence electrons. The average Bonchev–Trinajstić information content (AvgIpc) is 3.43. The maximum absolute atomic E-state index is 11.4. The Labute approximate surface area is 165 Å². The Kier molecular flexibility index (Phi) is 4.45. The van der Waals surface area contributed by atoms with Crippen LogP contribution in [0.3, 0.4) is 0 Å². The van der Waals surface area contributed by atoms with Gasteiger partial charge in [0.15, 0.2) is 0 Å². The van der Waals surface area contributed by atoms with Crippen molar-refractivity contribution in [3.63, 3.8) is 0 Å². The minimum atomic E-state index is -0.402. The van der Waals surface area contributed by atoms with E-state index < -0.39 is 6.10 Å². The molecule has 5 rings (SSSR count). The Morgan fingerprint density at radius 1 is 1.04 bits per heavy atom. The summed E-state index contributed by atoms with van der Waals surface area (Å²) in [6.07, 6.45) is 12.2. The Hall–Kier alpha value is -1.84. The molecule has 2 saturated carbocycles. The Bertz CT molecular complexity index is 954. The molecular formula is C23H25ClN2O. The number of nitrogens with zero attached hydrogens (tertiary/aromatic N) is 2. The van der Waals surface area contributed by atoms with Gasteiger partial charge in [0.05, 0.1) is 24.1 Å². The summed E-state index contributed by atoms with van der Waals surface area (Å²) in [5, 5.41) is 12.2. The van der Waals surface area contributed by atoms with E-state index in [0.29, 0.717) is 17.8 Å². The summed E-state index contributed by atoms with van der Waals surface area (Å²) < 4.78 is 2.04. The number of aliphatic hydroxyl groups is 1. The van der Waals surface area contributed by atoms with Gasteiger partial charge in [0, 0.05) is 16.8 Å². The van der Waals surface area contributed by atoms with Gasteiger partial charge in [0.2, 0.25) is 0 Å². The minimum Gasteiger partial charge on any atom is -0.388 e. The first-order valence-electron chi connectivity index (χ1n) is 10.1. The van der Waals surface area contributed by atoms with Crippen LogP contribution in [0.5, 0.6) is 0 Å². The molecule has 0 bridgehead atoms. The van der Waals surface area contributed by atoms with Gasteiger partial charge in [-0.05, 0) is 85.6 Å². The van der Waals surface area contributed by atoms with E-state index >= 15 is 0 Å². The normalized spacial score (nSPS) is 24.2. The van der Waals surface area contributed by atoms with Crippen LogP contribution in [-0.4, -0.2) is 14.5 Å². The first kappa shape index (κ1) is 17.3. The van der Waals surface area contributed by atoms with Crippen molar-refractivity contribution in [2.24, 2.45) is 5.92 Å². The third-order valence-corrected chi connectivity index (χ3v) is 6.75. The third kappa shape index (κ3) is 3.28. The van der Waals surface area contributed by atoms with E-state index in [1.54, 1.807) is 0 Å². The summed E-state index contributed by atoms with van der Waals surface area (Å²) in [5.74, 6) is 1.50. The van der Waals surface area contributed by atoms with Crippen molar-refractivity contribution >= 4 is 17.1 Å². The number of pyridine rings is 1. The van der Waals surface area contributed by atoms with Crippen molar-refractivity contribution in [3.8, 4) is 0 Å². The zero-order valence-corrected chi connectivity index (χ0v) is 16.1. The number of rotatable bonds is 4. The number of benzene rings is 1. The highest BCUT2D eigenvalue weighted by Crippen LogP contribution is 2.48. The highest BCUT2D eigenvalue weighted by Gasteiger charge is 2.34. The second-order valence-corrected chi connectivity index (χ2v) is 8.69. The lowest BCUT2D eigenvalue weighted by Crippen LogP contribution is -2.21. The molecule has 2 aromatic heterocycles. The fraction of sp³-hybridized carbons (Fsp3) is 0.435. The smallest absolute Gasteiger partial charge is 0.0992 e. The zero-order valence-electron chi connectivity index (χ0n) is 15.4. The van der Waals surface area contributed by atoms with Crippen molar-refractivity contribution in [1.29, 1.82) is 0 Å². The summed E-state index contributed by atoms with van der Waals surface area (Å²) in [7, 11) is 0. The molecule has 1 aromatic carbocycles. The van der Waals surface area contributed by atoms with E-state index in [1.807, 2.05) is 29.1 Å². The third-order valence-electron chi connectivity index (χ3n) is 6.52. The van der Waals surface area contributed by atoms with E-state index in [-0.39, 0.29) is 0 Å². The average molecular weight is 381 g/mol. The highest BCUT2D eigenvalue weighted by molar-refractivity contribution is 6.30. The van der Waals surface area contributed by atoms with Gasteiger partial charge in [-0.25, -0.2) is 4.98 Å². The van der Waals surface area contributed by atoms with Crippen molar-refractivity contribution in [1.82, 2.24) is 9.38 Å². The molecule has 0 aliphatic heterocycles. The molecule has 0 unspecified atom stereocenters. The van der Waals surface area contributed by atoms with Crippen LogP contribution in [0.2, 0.25) is 5.02 Å². The monoisotopic (exact) mass is 380 g/mol. The SMILES string of the molecule is O[C@H](c1c(C2CC2)ccn2cncc12)C1CCC(c2cccc(Cl)c2)CC1. The van der Waals surface area contributed by atoms with Gasteiger partial charge < -0.3 is 9.51 Å². The largest absolute Gasteiger partial charge is 0.388 e. The molecule has 2 heterocycles. The molecule has 1 N–H and O–H groups in total. The first-order chi connectivity index (χ1) is 13.2. The molecule has 27 heavy (non-hydrogen) atoms. The summed E-state index contributed by atoms with van der Waals surface area (Å²) in [6, 6.07) is 10.5. The number of aliphatic hydroxyl groups excluding tert-OH is 1.